The largest absolute Gasteiger partial charge is 0.378 e. The highest BCUT2D eigenvalue weighted by atomic mass is 16.5. The standard InChI is InChI=1S/C33H33N3O3/c1-23-4-3-5-25(20-23)22-34-32(37)27-10-8-26(9-11-27)31-21-28(7-6-24(31)2)33(38)35-29-12-14-30(15-13-29)36-16-18-39-19-17-36/h3-15,20-21H,16-19,22H2,1-2H3,(H,34,37)(H,35,38). The van der Waals surface area contributed by atoms with Gasteiger partial charge in [-0.25, -0.2) is 0 Å². The number of carbonyl (C=O) groups is 2. The van der Waals surface area contributed by atoms with Crippen molar-refractivity contribution in [1.29, 1.82) is 0 Å². The average Bonchev–Trinajstić information content (AvgIpc) is 2.97. The van der Waals surface area contributed by atoms with E-state index in [1.54, 1.807) is 0 Å². The lowest BCUT2D eigenvalue weighted by molar-refractivity contribution is 0.0950. The molecule has 39 heavy (non-hydrogen) atoms. The normalized spacial score (nSPS) is 13.1. The van der Waals surface area contributed by atoms with Gasteiger partial charge in [0.2, 0.25) is 0 Å². The summed E-state index contributed by atoms with van der Waals surface area (Å²) in [6.45, 7) is 7.75. The summed E-state index contributed by atoms with van der Waals surface area (Å²) in [5, 5.41) is 5.99. The number of benzene rings is 4. The molecule has 1 heterocycles. The second-order valence-corrected chi connectivity index (χ2v) is 9.88. The van der Waals surface area contributed by atoms with Gasteiger partial charge in [-0.3, -0.25) is 9.59 Å². The van der Waals surface area contributed by atoms with Gasteiger partial charge in [-0.05, 0) is 84.6 Å². The minimum atomic E-state index is -0.164. The summed E-state index contributed by atoms with van der Waals surface area (Å²) in [5.74, 6) is -0.282. The van der Waals surface area contributed by atoms with Crippen molar-refractivity contribution in [2.75, 3.05) is 36.5 Å². The molecular weight excluding hydrogens is 486 g/mol. The summed E-state index contributed by atoms with van der Waals surface area (Å²) in [6.07, 6.45) is 0. The molecule has 4 aromatic rings. The summed E-state index contributed by atoms with van der Waals surface area (Å²) in [7, 11) is 0. The number of nitrogens with one attached hydrogen (secondary N) is 2. The third kappa shape index (κ3) is 6.54. The number of hydrogen-bond donors (Lipinski definition) is 2. The predicted molar refractivity (Wildman–Crippen MR) is 156 cm³/mol. The van der Waals surface area contributed by atoms with Crippen LogP contribution in [-0.2, 0) is 11.3 Å². The first-order valence-electron chi connectivity index (χ1n) is 13.3. The van der Waals surface area contributed by atoms with E-state index in [9.17, 15) is 9.59 Å². The first-order valence-corrected chi connectivity index (χ1v) is 13.3. The van der Waals surface area contributed by atoms with Gasteiger partial charge in [0.25, 0.3) is 11.8 Å². The monoisotopic (exact) mass is 519 g/mol. The molecule has 1 aliphatic rings. The van der Waals surface area contributed by atoms with Crippen molar-refractivity contribution < 1.29 is 14.3 Å². The number of nitrogens with zero attached hydrogens (tertiary/aromatic N) is 1. The average molecular weight is 520 g/mol. The van der Waals surface area contributed by atoms with Crippen LogP contribution in [-0.4, -0.2) is 38.1 Å². The second-order valence-electron chi connectivity index (χ2n) is 9.88. The van der Waals surface area contributed by atoms with Crippen molar-refractivity contribution in [3.63, 3.8) is 0 Å². The molecule has 198 valence electrons. The zero-order chi connectivity index (χ0) is 27.2. The summed E-state index contributed by atoms with van der Waals surface area (Å²) < 4.78 is 5.42. The summed E-state index contributed by atoms with van der Waals surface area (Å²) in [6, 6.07) is 29.2. The Morgan fingerprint density at radius 3 is 2.23 bits per heavy atom. The van der Waals surface area contributed by atoms with E-state index < -0.39 is 0 Å². The zero-order valence-corrected chi connectivity index (χ0v) is 22.4. The first kappa shape index (κ1) is 26.2. The molecular formula is C33H33N3O3. The third-order valence-corrected chi connectivity index (χ3v) is 6.99. The Labute approximate surface area is 229 Å². The number of hydrogen-bond acceptors (Lipinski definition) is 4. The summed E-state index contributed by atoms with van der Waals surface area (Å²) >= 11 is 0. The number of ether oxygens (including phenoxy) is 1. The maximum atomic E-state index is 13.1. The minimum Gasteiger partial charge on any atom is -0.378 e. The fourth-order valence-electron chi connectivity index (χ4n) is 4.76. The topological polar surface area (TPSA) is 70.7 Å². The molecule has 1 aliphatic heterocycles. The van der Waals surface area contributed by atoms with Crippen molar-refractivity contribution in [3.05, 3.63) is 119 Å². The van der Waals surface area contributed by atoms with Crippen LogP contribution in [0.3, 0.4) is 0 Å². The maximum Gasteiger partial charge on any atom is 0.255 e. The van der Waals surface area contributed by atoms with Crippen LogP contribution in [0.15, 0.2) is 91.0 Å². The highest BCUT2D eigenvalue weighted by molar-refractivity contribution is 6.05. The van der Waals surface area contributed by atoms with Crippen LogP contribution in [0.1, 0.15) is 37.4 Å². The molecule has 6 nitrogen and oxygen atoms in total. The van der Waals surface area contributed by atoms with Crippen LogP contribution in [0.4, 0.5) is 11.4 Å². The molecule has 1 saturated heterocycles. The van der Waals surface area contributed by atoms with Crippen LogP contribution in [0, 0.1) is 13.8 Å². The number of rotatable bonds is 7. The number of carbonyl (C=O) groups excluding carboxylic acids is 2. The lowest BCUT2D eigenvalue weighted by Crippen LogP contribution is -2.36. The van der Waals surface area contributed by atoms with E-state index in [0.29, 0.717) is 17.7 Å². The molecule has 0 aliphatic carbocycles. The van der Waals surface area contributed by atoms with Gasteiger partial charge in [-0.1, -0.05) is 48.0 Å². The molecule has 0 spiro atoms. The Morgan fingerprint density at radius 2 is 1.51 bits per heavy atom. The van der Waals surface area contributed by atoms with Gasteiger partial charge in [0.1, 0.15) is 0 Å². The Bertz CT molecular complexity index is 1460. The minimum absolute atomic E-state index is 0.118. The molecule has 5 rings (SSSR count). The van der Waals surface area contributed by atoms with E-state index in [2.05, 4.69) is 21.6 Å². The van der Waals surface area contributed by atoms with E-state index in [0.717, 1.165) is 59.9 Å². The molecule has 0 aromatic heterocycles. The number of morpholine rings is 1. The summed E-state index contributed by atoms with van der Waals surface area (Å²) in [4.78, 5) is 28.0. The lowest BCUT2D eigenvalue weighted by Gasteiger charge is -2.28. The predicted octanol–water partition coefficient (Wildman–Crippen LogP) is 5.99. The maximum absolute atomic E-state index is 13.1. The zero-order valence-electron chi connectivity index (χ0n) is 22.4. The molecule has 0 bridgehead atoms. The third-order valence-electron chi connectivity index (χ3n) is 6.99. The van der Waals surface area contributed by atoms with E-state index >= 15 is 0 Å². The van der Waals surface area contributed by atoms with Gasteiger partial charge < -0.3 is 20.3 Å². The van der Waals surface area contributed by atoms with Crippen LogP contribution in [0.5, 0.6) is 0 Å². The van der Waals surface area contributed by atoms with Crippen LogP contribution < -0.4 is 15.5 Å². The second kappa shape index (κ2) is 12.0. The van der Waals surface area contributed by atoms with Crippen LogP contribution in [0.25, 0.3) is 11.1 Å². The van der Waals surface area contributed by atoms with E-state index in [4.69, 9.17) is 4.74 Å². The lowest BCUT2D eigenvalue weighted by atomic mass is 9.97. The van der Waals surface area contributed by atoms with Gasteiger partial charge in [0.15, 0.2) is 0 Å². The molecule has 4 aromatic carbocycles. The molecule has 0 radical (unpaired) electrons. The molecule has 0 atom stereocenters. The first-order chi connectivity index (χ1) is 19.0. The van der Waals surface area contributed by atoms with E-state index in [-0.39, 0.29) is 11.8 Å². The van der Waals surface area contributed by atoms with Crippen molar-refractivity contribution in [1.82, 2.24) is 5.32 Å². The molecule has 1 fully saturated rings. The Balaban J connectivity index is 1.24. The van der Waals surface area contributed by atoms with Gasteiger partial charge in [-0.2, -0.15) is 0 Å². The fourth-order valence-corrected chi connectivity index (χ4v) is 4.76. The summed E-state index contributed by atoms with van der Waals surface area (Å²) in [5.41, 5.74) is 8.24. The molecule has 2 N–H and O–H groups in total. The highest BCUT2D eigenvalue weighted by Gasteiger charge is 2.13. The quantitative estimate of drug-likeness (QED) is 0.315. The molecule has 6 heteroatoms. The van der Waals surface area contributed by atoms with Gasteiger partial charge >= 0.3 is 0 Å². The van der Waals surface area contributed by atoms with Gasteiger partial charge in [-0.15, -0.1) is 0 Å². The molecule has 0 unspecified atom stereocenters. The number of anilines is 2. The van der Waals surface area contributed by atoms with Gasteiger partial charge in [0, 0.05) is 42.1 Å². The smallest absolute Gasteiger partial charge is 0.255 e. The number of amides is 2. The van der Waals surface area contributed by atoms with Crippen LogP contribution >= 0.6 is 0 Å². The van der Waals surface area contributed by atoms with E-state index in [1.165, 1.54) is 5.56 Å². The molecule has 2 amide bonds. The van der Waals surface area contributed by atoms with Crippen molar-refractivity contribution in [3.8, 4) is 11.1 Å². The van der Waals surface area contributed by atoms with Crippen molar-refractivity contribution in [2.45, 2.75) is 20.4 Å². The Kier molecular flexibility index (Phi) is 8.04. The van der Waals surface area contributed by atoms with Crippen LogP contribution in [0.2, 0.25) is 0 Å². The SMILES string of the molecule is Cc1cccc(CNC(=O)c2ccc(-c3cc(C(=O)Nc4ccc(N5CCOCC5)cc4)ccc3C)cc2)c1. The van der Waals surface area contributed by atoms with Crippen molar-refractivity contribution in [2.24, 2.45) is 0 Å². The Morgan fingerprint density at radius 1 is 0.795 bits per heavy atom. The Hall–Kier alpha value is -4.42. The van der Waals surface area contributed by atoms with Gasteiger partial charge in [0.05, 0.1) is 13.2 Å². The number of aryl methyl sites for hydroxylation is 2. The highest BCUT2D eigenvalue weighted by Crippen LogP contribution is 2.26. The fraction of sp³-hybridized carbons (Fsp3) is 0.212. The van der Waals surface area contributed by atoms with E-state index in [1.807, 2.05) is 98.8 Å². The van der Waals surface area contributed by atoms with Crippen molar-refractivity contribution >= 4 is 23.2 Å². The molecule has 0 saturated carbocycles.